The minimum absolute atomic E-state index is 0.160. The molecular weight excluding hydrogens is 300 g/mol. The molecule has 0 aromatic heterocycles. The minimum Gasteiger partial charge on any atom is -0.465 e. The maximum atomic E-state index is 12.2. The van der Waals surface area contributed by atoms with Crippen LogP contribution in [0.25, 0.3) is 11.1 Å². The zero-order valence-electron chi connectivity index (χ0n) is 13.0. The highest BCUT2D eigenvalue weighted by Crippen LogP contribution is 2.33. The third-order valence-corrected chi connectivity index (χ3v) is 3.21. The molecular formula is C17H16O6. The molecule has 0 bridgehead atoms. The van der Waals surface area contributed by atoms with Crippen molar-refractivity contribution in [3.63, 3.8) is 0 Å². The van der Waals surface area contributed by atoms with Gasteiger partial charge in [0.25, 0.3) is 0 Å². The van der Waals surface area contributed by atoms with Crippen molar-refractivity contribution in [3.8, 4) is 16.9 Å². The lowest BCUT2D eigenvalue weighted by atomic mass is 9.94. The zero-order chi connectivity index (χ0) is 16.8. The summed E-state index contributed by atoms with van der Waals surface area (Å²) in [5.41, 5.74) is 1.50. The van der Waals surface area contributed by atoms with Crippen molar-refractivity contribution in [2.75, 3.05) is 21.3 Å². The molecule has 2 aromatic carbocycles. The van der Waals surface area contributed by atoms with Gasteiger partial charge in [0.05, 0.1) is 26.9 Å². The Morgan fingerprint density at radius 3 is 2.09 bits per heavy atom. The second-order valence-electron chi connectivity index (χ2n) is 4.46. The summed E-state index contributed by atoms with van der Waals surface area (Å²) < 4.78 is 9.61. The Morgan fingerprint density at radius 1 is 0.783 bits per heavy atom. The van der Waals surface area contributed by atoms with Gasteiger partial charge in [0.15, 0.2) is 5.75 Å². The lowest BCUT2D eigenvalue weighted by Crippen LogP contribution is -2.09. The van der Waals surface area contributed by atoms with E-state index in [0.29, 0.717) is 16.7 Å². The number of hydrogen-bond donors (Lipinski definition) is 0. The number of carbonyl (C=O) groups is 2. The molecule has 0 N–H and O–H groups in total. The summed E-state index contributed by atoms with van der Waals surface area (Å²) in [6, 6.07) is 11.7. The van der Waals surface area contributed by atoms with Crippen molar-refractivity contribution >= 4 is 11.9 Å². The molecule has 0 unspecified atom stereocenters. The van der Waals surface area contributed by atoms with Crippen LogP contribution in [0.15, 0.2) is 42.5 Å². The summed E-state index contributed by atoms with van der Waals surface area (Å²) in [4.78, 5) is 33.8. The summed E-state index contributed by atoms with van der Waals surface area (Å²) >= 11 is 0. The van der Waals surface area contributed by atoms with Crippen molar-refractivity contribution in [1.29, 1.82) is 0 Å². The predicted molar refractivity (Wildman–Crippen MR) is 82.2 cm³/mol. The fourth-order valence-corrected chi connectivity index (χ4v) is 2.23. The molecule has 0 saturated carbocycles. The normalized spacial score (nSPS) is 10.0. The second-order valence-corrected chi connectivity index (χ2v) is 4.46. The first-order valence-corrected chi connectivity index (χ1v) is 6.73. The van der Waals surface area contributed by atoms with Gasteiger partial charge in [-0.25, -0.2) is 9.59 Å². The molecule has 0 heterocycles. The van der Waals surface area contributed by atoms with Crippen molar-refractivity contribution < 1.29 is 28.8 Å². The van der Waals surface area contributed by atoms with Crippen molar-refractivity contribution in [2.45, 2.75) is 0 Å². The molecule has 2 aromatic rings. The van der Waals surface area contributed by atoms with Crippen molar-refractivity contribution in [3.05, 3.63) is 53.6 Å². The maximum Gasteiger partial charge on any atom is 0.342 e. The van der Waals surface area contributed by atoms with E-state index >= 15 is 0 Å². The fourth-order valence-electron chi connectivity index (χ4n) is 2.23. The van der Waals surface area contributed by atoms with Gasteiger partial charge < -0.3 is 14.4 Å². The Morgan fingerprint density at radius 2 is 1.43 bits per heavy atom. The van der Waals surface area contributed by atoms with Gasteiger partial charge in [-0.2, -0.15) is 4.89 Å². The third-order valence-electron chi connectivity index (χ3n) is 3.21. The Bertz CT molecular complexity index is 723. The Labute approximate surface area is 133 Å². The minimum atomic E-state index is -0.604. The summed E-state index contributed by atoms with van der Waals surface area (Å²) in [5, 5.41) is 0. The Balaban J connectivity index is 2.71. The molecule has 0 aliphatic rings. The van der Waals surface area contributed by atoms with Crippen molar-refractivity contribution in [2.24, 2.45) is 0 Å². The highest BCUT2D eigenvalue weighted by molar-refractivity contribution is 6.04. The first-order valence-electron chi connectivity index (χ1n) is 6.73. The van der Waals surface area contributed by atoms with E-state index in [1.165, 1.54) is 21.3 Å². The largest absolute Gasteiger partial charge is 0.465 e. The predicted octanol–water partition coefficient (Wildman–Crippen LogP) is 2.87. The van der Waals surface area contributed by atoms with Crippen LogP contribution in [0.5, 0.6) is 5.75 Å². The van der Waals surface area contributed by atoms with Gasteiger partial charge in [-0.1, -0.05) is 30.3 Å². The van der Waals surface area contributed by atoms with Crippen LogP contribution in [-0.4, -0.2) is 33.3 Å². The highest BCUT2D eigenvalue weighted by Gasteiger charge is 2.23. The van der Waals surface area contributed by atoms with Crippen LogP contribution in [-0.2, 0) is 14.4 Å². The number of hydrogen-bond acceptors (Lipinski definition) is 6. The SMILES string of the molecule is COOc1cccc(-c2ccccc2C(=O)OC)c1C(=O)OC. The van der Waals surface area contributed by atoms with Gasteiger partial charge >= 0.3 is 11.9 Å². The van der Waals surface area contributed by atoms with E-state index in [4.69, 9.17) is 14.4 Å². The number of benzene rings is 2. The van der Waals surface area contributed by atoms with Gasteiger partial charge in [-0.3, -0.25) is 0 Å². The smallest absolute Gasteiger partial charge is 0.342 e. The maximum absolute atomic E-state index is 12.2. The molecule has 0 saturated heterocycles. The number of methoxy groups -OCH3 is 2. The number of ether oxygens (including phenoxy) is 2. The number of carbonyl (C=O) groups excluding carboxylic acids is 2. The van der Waals surface area contributed by atoms with E-state index < -0.39 is 11.9 Å². The molecule has 0 spiro atoms. The lowest BCUT2D eigenvalue weighted by Gasteiger charge is -2.14. The van der Waals surface area contributed by atoms with Crippen LogP contribution in [0.3, 0.4) is 0 Å². The molecule has 6 heteroatoms. The van der Waals surface area contributed by atoms with Gasteiger partial charge in [0.1, 0.15) is 5.56 Å². The molecule has 0 amide bonds. The van der Waals surface area contributed by atoms with Crippen molar-refractivity contribution in [1.82, 2.24) is 0 Å². The summed E-state index contributed by atoms with van der Waals surface area (Å²) in [5.74, 6) is -0.918. The van der Waals surface area contributed by atoms with E-state index in [0.717, 1.165) is 0 Å². The topological polar surface area (TPSA) is 71.1 Å². The molecule has 23 heavy (non-hydrogen) atoms. The average molecular weight is 316 g/mol. The van der Waals surface area contributed by atoms with Gasteiger partial charge in [-0.15, -0.1) is 0 Å². The monoisotopic (exact) mass is 316 g/mol. The zero-order valence-corrected chi connectivity index (χ0v) is 13.0. The summed E-state index contributed by atoms with van der Waals surface area (Å²) in [6.07, 6.45) is 0. The van der Waals surface area contributed by atoms with Gasteiger partial charge in [-0.05, 0) is 17.7 Å². The van der Waals surface area contributed by atoms with Crippen LogP contribution >= 0.6 is 0 Å². The van der Waals surface area contributed by atoms with Crippen LogP contribution in [0.4, 0.5) is 0 Å². The second kappa shape index (κ2) is 7.42. The van der Waals surface area contributed by atoms with Crippen LogP contribution in [0, 0.1) is 0 Å². The van der Waals surface area contributed by atoms with Crippen LogP contribution < -0.4 is 4.89 Å². The van der Waals surface area contributed by atoms with E-state index in [-0.39, 0.29) is 11.3 Å². The lowest BCUT2D eigenvalue weighted by molar-refractivity contribution is -0.178. The molecule has 0 radical (unpaired) electrons. The van der Waals surface area contributed by atoms with Crippen LogP contribution in [0.2, 0.25) is 0 Å². The standard InChI is InChI=1S/C17H16O6/c1-20-16(18)13-8-5-4-7-11(13)12-9-6-10-14(23-22-3)15(12)17(19)21-2/h4-10H,1-3H3. The quantitative estimate of drug-likeness (QED) is 0.480. The molecule has 2 rings (SSSR count). The van der Waals surface area contributed by atoms with E-state index in [1.54, 1.807) is 42.5 Å². The fraction of sp³-hybridized carbons (Fsp3) is 0.176. The molecule has 6 nitrogen and oxygen atoms in total. The number of rotatable bonds is 5. The first-order chi connectivity index (χ1) is 11.1. The average Bonchev–Trinajstić information content (AvgIpc) is 2.60. The highest BCUT2D eigenvalue weighted by atomic mass is 17.2. The van der Waals surface area contributed by atoms with Crippen LogP contribution in [0.1, 0.15) is 20.7 Å². The Hall–Kier alpha value is -2.86. The molecule has 0 fully saturated rings. The van der Waals surface area contributed by atoms with E-state index in [9.17, 15) is 9.59 Å². The van der Waals surface area contributed by atoms with E-state index in [1.807, 2.05) is 0 Å². The molecule has 0 aliphatic carbocycles. The molecule has 0 aliphatic heterocycles. The third kappa shape index (κ3) is 3.32. The number of esters is 2. The van der Waals surface area contributed by atoms with E-state index in [2.05, 4.69) is 4.89 Å². The van der Waals surface area contributed by atoms with Gasteiger partial charge in [0.2, 0.25) is 0 Å². The van der Waals surface area contributed by atoms with Gasteiger partial charge in [0, 0.05) is 5.56 Å². The first kappa shape index (κ1) is 16.5. The Kier molecular flexibility index (Phi) is 5.32. The summed E-state index contributed by atoms with van der Waals surface area (Å²) in [7, 11) is 3.89. The molecule has 0 atom stereocenters. The molecule has 120 valence electrons. The summed E-state index contributed by atoms with van der Waals surface area (Å²) in [6.45, 7) is 0.